The summed E-state index contributed by atoms with van der Waals surface area (Å²) in [5.41, 5.74) is -0.448. The lowest BCUT2D eigenvalue weighted by Crippen LogP contribution is -2.04. The van der Waals surface area contributed by atoms with Gasteiger partial charge < -0.3 is 0 Å². The van der Waals surface area contributed by atoms with Crippen LogP contribution >= 0.6 is 0 Å². The molecule has 0 spiro atoms. The molecule has 0 radical (unpaired) electrons. The van der Waals surface area contributed by atoms with Gasteiger partial charge in [0.2, 0.25) is 0 Å². The third-order valence-corrected chi connectivity index (χ3v) is 3.03. The first-order valence-corrected chi connectivity index (χ1v) is 6.49. The first-order valence-electron chi connectivity index (χ1n) is 6.49. The van der Waals surface area contributed by atoms with Crippen LogP contribution in [-0.4, -0.2) is 6.21 Å². The monoisotopic (exact) mass is 331 g/mol. The van der Waals surface area contributed by atoms with Gasteiger partial charge in [0, 0.05) is 6.21 Å². The van der Waals surface area contributed by atoms with Crippen LogP contribution in [0.1, 0.15) is 22.3 Å². The van der Waals surface area contributed by atoms with Crippen LogP contribution in [0.5, 0.6) is 0 Å². The molecule has 0 saturated heterocycles. The minimum absolute atomic E-state index is 0.138. The first kappa shape index (κ1) is 17.1. The molecule has 0 unspecified atom stereocenters. The first-order chi connectivity index (χ1) is 10.7. The number of alkyl halides is 6. The van der Waals surface area contributed by atoms with Gasteiger partial charge in [-0.1, -0.05) is 24.3 Å². The molecule has 0 aliphatic rings. The predicted octanol–water partition coefficient (Wildman–Crippen LogP) is 5.34. The maximum absolute atomic E-state index is 12.4. The fraction of sp³-hybridized carbons (Fsp3) is 0.188. The van der Waals surface area contributed by atoms with Crippen molar-refractivity contribution in [3.05, 3.63) is 70.8 Å². The molecule has 0 N–H and O–H groups in total. The molecular weight excluding hydrogens is 320 g/mol. The quantitative estimate of drug-likeness (QED) is 0.531. The summed E-state index contributed by atoms with van der Waals surface area (Å²) in [5, 5.41) is 0. The highest BCUT2D eigenvalue weighted by Gasteiger charge is 2.30. The molecule has 0 fully saturated rings. The molecule has 0 atom stereocenters. The van der Waals surface area contributed by atoms with Gasteiger partial charge in [0.1, 0.15) is 0 Å². The molecule has 2 aromatic carbocycles. The Hall–Kier alpha value is -2.31. The van der Waals surface area contributed by atoms with Crippen molar-refractivity contribution < 1.29 is 26.3 Å². The maximum Gasteiger partial charge on any atom is 0.416 e. The number of hydrogen-bond acceptors (Lipinski definition) is 1. The lowest BCUT2D eigenvalue weighted by molar-refractivity contribution is -0.138. The SMILES string of the molecule is FC(F)(F)c1ccc(C=NCc2ccc(C(F)(F)F)cc2)cc1. The van der Waals surface area contributed by atoms with E-state index in [1.54, 1.807) is 0 Å². The van der Waals surface area contributed by atoms with Gasteiger partial charge in [-0.3, -0.25) is 4.99 Å². The van der Waals surface area contributed by atoms with E-state index < -0.39 is 23.5 Å². The van der Waals surface area contributed by atoms with Gasteiger partial charge in [0.25, 0.3) is 0 Å². The summed E-state index contributed by atoms with van der Waals surface area (Å²) < 4.78 is 74.4. The van der Waals surface area contributed by atoms with Crippen molar-refractivity contribution in [1.29, 1.82) is 0 Å². The highest BCUT2D eigenvalue weighted by Crippen LogP contribution is 2.29. The molecule has 23 heavy (non-hydrogen) atoms. The van der Waals surface area contributed by atoms with Crippen LogP contribution in [0, 0.1) is 0 Å². The van der Waals surface area contributed by atoms with E-state index in [1.807, 2.05) is 0 Å². The number of nitrogens with zero attached hydrogens (tertiary/aromatic N) is 1. The molecule has 2 aromatic rings. The summed E-state index contributed by atoms with van der Waals surface area (Å²) in [6, 6.07) is 8.99. The van der Waals surface area contributed by atoms with Crippen molar-refractivity contribution in [2.24, 2.45) is 4.99 Å². The topological polar surface area (TPSA) is 12.4 Å². The van der Waals surface area contributed by atoms with Crippen molar-refractivity contribution >= 4 is 6.21 Å². The van der Waals surface area contributed by atoms with E-state index in [2.05, 4.69) is 4.99 Å². The number of benzene rings is 2. The van der Waals surface area contributed by atoms with Gasteiger partial charge in [0.15, 0.2) is 0 Å². The van der Waals surface area contributed by atoms with Gasteiger partial charge in [-0.2, -0.15) is 26.3 Å². The minimum Gasteiger partial charge on any atom is -0.288 e. The second-order valence-electron chi connectivity index (χ2n) is 4.78. The summed E-state index contributed by atoms with van der Waals surface area (Å²) in [6.07, 6.45) is -7.41. The summed E-state index contributed by atoms with van der Waals surface area (Å²) in [6.45, 7) is 0.138. The van der Waals surface area contributed by atoms with Crippen molar-refractivity contribution in [3.8, 4) is 0 Å². The highest BCUT2D eigenvalue weighted by molar-refractivity contribution is 5.79. The minimum atomic E-state index is -4.39. The van der Waals surface area contributed by atoms with E-state index in [0.717, 1.165) is 24.3 Å². The highest BCUT2D eigenvalue weighted by atomic mass is 19.4. The van der Waals surface area contributed by atoms with E-state index in [0.29, 0.717) is 11.1 Å². The van der Waals surface area contributed by atoms with Crippen LogP contribution in [0.25, 0.3) is 0 Å². The van der Waals surface area contributed by atoms with Crippen molar-refractivity contribution in [2.45, 2.75) is 18.9 Å². The molecule has 0 bridgehead atoms. The Morgan fingerprint density at radius 3 is 1.57 bits per heavy atom. The fourth-order valence-corrected chi connectivity index (χ4v) is 1.81. The van der Waals surface area contributed by atoms with Gasteiger partial charge in [-0.15, -0.1) is 0 Å². The third-order valence-electron chi connectivity index (χ3n) is 3.03. The van der Waals surface area contributed by atoms with Gasteiger partial charge >= 0.3 is 12.4 Å². The molecule has 0 aliphatic carbocycles. The number of hydrogen-bond donors (Lipinski definition) is 0. The smallest absolute Gasteiger partial charge is 0.288 e. The summed E-state index contributed by atoms with van der Waals surface area (Å²) in [7, 11) is 0. The lowest BCUT2D eigenvalue weighted by atomic mass is 10.1. The van der Waals surface area contributed by atoms with E-state index in [9.17, 15) is 26.3 Å². The Morgan fingerprint density at radius 1 is 0.696 bits per heavy atom. The van der Waals surface area contributed by atoms with Gasteiger partial charge in [-0.05, 0) is 35.4 Å². The average Bonchev–Trinajstić information content (AvgIpc) is 2.46. The second kappa shape index (κ2) is 6.44. The van der Waals surface area contributed by atoms with Gasteiger partial charge in [-0.25, -0.2) is 0 Å². The Balaban J connectivity index is 1.99. The molecule has 0 heterocycles. The van der Waals surface area contributed by atoms with E-state index in [-0.39, 0.29) is 6.54 Å². The van der Waals surface area contributed by atoms with Crippen LogP contribution < -0.4 is 0 Å². The lowest BCUT2D eigenvalue weighted by Gasteiger charge is -2.06. The van der Waals surface area contributed by atoms with Crippen molar-refractivity contribution in [2.75, 3.05) is 0 Å². The second-order valence-corrected chi connectivity index (χ2v) is 4.78. The molecule has 0 saturated carbocycles. The zero-order valence-corrected chi connectivity index (χ0v) is 11.6. The van der Waals surface area contributed by atoms with E-state index in [4.69, 9.17) is 0 Å². The number of aliphatic imine (C=N–C) groups is 1. The zero-order chi connectivity index (χ0) is 17.1. The Bertz CT molecular complexity index is 666. The molecular formula is C16H11F6N. The van der Waals surface area contributed by atoms with E-state index >= 15 is 0 Å². The molecule has 1 nitrogen and oxygen atoms in total. The number of rotatable bonds is 3. The largest absolute Gasteiger partial charge is 0.416 e. The standard InChI is InChI=1S/C16H11F6N/c17-15(18,19)13-5-1-11(2-6-13)9-23-10-12-3-7-14(8-4-12)16(20,21)22/h1-9H,10H2. The normalized spacial score (nSPS) is 12.8. The van der Waals surface area contributed by atoms with Crippen LogP contribution in [-0.2, 0) is 18.9 Å². The zero-order valence-electron chi connectivity index (χ0n) is 11.6. The summed E-state index contributed by atoms with van der Waals surface area (Å²) >= 11 is 0. The van der Waals surface area contributed by atoms with Crippen molar-refractivity contribution in [1.82, 2.24) is 0 Å². The average molecular weight is 331 g/mol. The molecule has 0 aliphatic heterocycles. The molecule has 122 valence electrons. The summed E-state index contributed by atoms with van der Waals surface area (Å²) in [5.74, 6) is 0. The summed E-state index contributed by atoms with van der Waals surface area (Å²) in [4.78, 5) is 4.01. The van der Waals surface area contributed by atoms with Crippen LogP contribution in [0.2, 0.25) is 0 Å². The van der Waals surface area contributed by atoms with Crippen LogP contribution in [0.15, 0.2) is 53.5 Å². The Labute approximate surface area is 128 Å². The molecule has 2 rings (SSSR count). The van der Waals surface area contributed by atoms with E-state index in [1.165, 1.54) is 30.5 Å². The maximum atomic E-state index is 12.4. The number of halogens is 6. The third kappa shape index (κ3) is 4.84. The fourth-order valence-electron chi connectivity index (χ4n) is 1.81. The predicted molar refractivity (Wildman–Crippen MR) is 74.2 cm³/mol. The van der Waals surface area contributed by atoms with Crippen LogP contribution in [0.4, 0.5) is 26.3 Å². The Kier molecular flexibility index (Phi) is 4.77. The molecule has 0 amide bonds. The van der Waals surface area contributed by atoms with Gasteiger partial charge in [0.05, 0.1) is 17.7 Å². The van der Waals surface area contributed by atoms with Crippen LogP contribution in [0.3, 0.4) is 0 Å². The Morgan fingerprint density at radius 2 is 1.13 bits per heavy atom. The van der Waals surface area contributed by atoms with Crippen molar-refractivity contribution in [3.63, 3.8) is 0 Å². The molecule has 7 heteroatoms. The molecule has 0 aromatic heterocycles.